The van der Waals surface area contributed by atoms with Gasteiger partial charge in [-0.05, 0) is 58.5 Å². The zero-order valence-electron chi connectivity index (χ0n) is 10.3. The van der Waals surface area contributed by atoms with Gasteiger partial charge in [-0.3, -0.25) is 4.79 Å². The van der Waals surface area contributed by atoms with E-state index in [0.717, 1.165) is 20.4 Å². The molecule has 0 fully saturated rings. The van der Waals surface area contributed by atoms with Crippen molar-refractivity contribution in [2.75, 3.05) is 5.32 Å². The minimum absolute atomic E-state index is 0.196. The van der Waals surface area contributed by atoms with E-state index >= 15 is 0 Å². The first kappa shape index (κ1) is 13.5. The number of hydrogen-bond donors (Lipinski definition) is 2. The molecule has 0 aliphatic carbocycles. The molecule has 20 heavy (non-hydrogen) atoms. The average molecular weight is 397 g/mol. The largest absolute Gasteiger partial charge is 0.398 e. The van der Waals surface area contributed by atoms with Crippen LogP contribution in [0.3, 0.4) is 0 Å². The molecule has 0 radical (unpaired) electrons. The monoisotopic (exact) mass is 396 g/mol. The Hall–Kier alpha value is -1.53. The smallest absolute Gasteiger partial charge is 0.258 e. The van der Waals surface area contributed by atoms with Gasteiger partial charge >= 0.3 is 0 Å². The third-order valence-corrected chi connectivity index (χ3v) is 4.04. The van der Waals surface area contributed by atoms with Gasteiger partial charge in [0.1, 0.15) is 0 Å². The van der Waals surface area contributed by atoms with Crippen LogP contribution in [-0.2, 0) is 4.79 Å². The molecule has 5 heteroatoms. The molecule has 0 saturated carbocycles. The maximum absolute atomic E-state index is 12.1. The first-order chi connectivity index (χ1) is 9.56. The highest BCUT2D eigenvalue weighted by Crippen LogP contribution is 2.36. The highest BCUT2D eigenvalue weighted by molar-refractivity contribution is 14.1. The molecule has 0 saturated heterocycles. The predicted octanol–water partition coefficient (Wildman–Crippen LogP) is 3.72. The molecule has 0 spiro atoms. The van der Waals surface area contributed by atoms with Gasteiger partial charge < -0.3 is 11.1 Å². The van der Waals surface area contributed by atoms with Crippen molar-refractivity contribution < 1.29 is 4.79 Å². The fourth-order valence-electron chi connectivity index (χ4n) is 2.21. The summed E-state index contributed by atoms with van der Waals surface area (Å²) in [6.45, 7) is 0. The molecule has 3 N–H and O–H groups in total. The molecule has 0 bridgehead atoms. The average Bonchev–Trinajstić information content (AvgIpc) is 2.73. The second-order valence-corrected chi connectivity index (χ2v) is 6.13. The lowest BCUT2D eigenvalue weighted by Crippen LogP contribution is -2.09. The number of amides is 1. The van der Waals surface area contributed by atoms with E-state index in [2.05, 4.69) is 27.9 Å². The van der Waals surface area contributed by atoms with Crippen LogP contribution in [0.2, 0.25) is 5.02 Å². The summed E-state index contributed by atoms with van der Waals surface area (Å²) in [5.74, 6) is -0.196. The maximum Gasteiger partial charge on any atom is 0.258 e. The molecular formula is C15H10ClIN2O. The lowest BCUT2D eigenvalue weighted by atomic mass is 10.0. The van der Waals surface area contributed by atoms with Gasteiger partial charge in [-0.15, -0.1) is 0 Å². The van der Waals surface area contributed by atoms with E-state index in [1.165, 1.54) is 0 Å². The van der Waals surface area contributed by atoms with Crippen LogP contribution in [-0.4, -0.2) is 5.91 Å². The summed E-state index contributed by atoms with van der Waals surface area (Å²) in [4.78, 5) is 12.1. The molecule has 100 valence electrons. The third kappa shape index (κ3) is 2.29. The molecule has 0 atom stereocenters. The Bertz CT molecular complexity index is 755. The van der Waals surface area contributed by atoms with E-state index in [1.54, 1.807) is 18.2 Å². The van der Waals surface area contributed by atoms with E-state index in [4.69, 9.17) is 17.3 Å². The van der Waals surface area contributed by atoms with Crippen LogP contribution in [0.15, 0.2) is 42.5 Å². The summed E-state index contributed by atoms with van der Waals surface area (Å²) in [6, 6.07) is 13.0. The topological polar surface area (TPSA) is 55.1 Å². The summed E-state index contributed by atoms with van der Waals surface area (Å²) >= 11 is 8.22. The Kier molecular flexibility index (Phi) is 3.43. The number of nitrogens with two attached hydrogens (primary N) is 1. The zero-order chi connectivity index (χ0) is 14.3. The van der Waals surface area contributed by atoms with Gasteiger partial charge in [0.2, 0.25) is 0 Å². The van der Waals surface area contributed by atoms with Crippen LogP contribution in [0.25, 0.3) is 11.3 Å². The van der Waals surface area contributed by atoms with Gasteiger partial charge in [-0.1, -0.05) is 23.7 Å². The number of nitrogens with one attached hydrogen (secondary N) is 1. The first-order valence-electron chi connectivity index (χ1n) is 5.93. The van der Waals surface area contributed by atoms with Crippen molar-refractivity contribution in [3.05, 3.63) is 62.2 Å². The van der Waals surface area contributed by atoms with Crippen molar-refractivity contribution in [3.8, 4) is 0 Å². The van der Waals surface area contributed by atoms with Crippen molar-refractivity contribution in [1.29, 1.82) is 0 Å². The lowest BCUT2D eigenvalue weighted by molar-refractivity contribution is -0.110. The molecule has 2 aromatic carbocycles. The van der Waals surface area contributed by atoms with E-state index in [0.29, 0.717) is 16.3 Å². The Balaban J connectivity index is 2.21. The van der Waals surface area contributed by atoms with E-state index in [1.807, 2.05) is 24.3 Å². The Labute approximate surface area is 135 Å². The molecule has 1 aliphatic heterocycles. The summed E-state index contributed by atoms with van der Waals surface area (Å²) < 4.78 is 1.06. The van der Waals surface area contributed by atoms with Gasteiger partial charge in [0.25, 0.3) is 5.91 Å². The van der Waals surface area contributed by atoms with Gasteiger partial charge in [0.15, 0.2) is 0 Å². The van der Waals surface area contributed by atoms with Crippen molar-refractivity contribution in [1.82, 2.24) is 0 Å². The molecule has 0 aromatic heterocycles. The molecule has 1 heterocycles. The third-order valence-electron chi connectivity index (χ3n) is 3.13. The van der Waals surface area contributed by atoms with Crippen molar-refractivity contribution in [2.45, 2.75) is 0 Å². The summed E-state index contributed by atoms with van der Waals surface area (Å²) in [7, 11) is 0. The van der Waals surface area contributed by atoms with E-state index < -0.39 is 0 Å². The fourth-order valence-corrected chi connectivity index (χ4v) is 2.92. The quantitative estimate of drug-likeness (QED) is 0.570. The lowest BCUT2D eigenvalue weighted by Gasteiger charge is -2.06. The van der Waals surface area contributed by atoms with Gasteiger partial charge in [0, 0.05) is 19.8 Å². The number of hydrogen-bond acceptors (Lipinski definition) is 2. The predicted molar refractivity (Wildman–Crippen MR) is 90.2 cm³/mol. The number of fused-ring (bicyclic) bond motifs is 1. The second kappa shape index (κ2) is 5.10. The molecule has 1 aliphatic rings. The van der Waals surface area contributed by atoms with Gasteiger partial charge in [-0.2, -0.15) is 0 Å². The molecular weight excluding hydrogens is 387 g/mol. The van der Waals surface area contributed by atoms with Crippen LogP contribution in [0.5, 0.6) is 0 Å². The van der Waals surface area contributed by atoms with Crippen molar-refractivity contribution in [3.63, 3.8) is 0 Å². The number of rotatable bonds is 1. The number of benzene rings is 2. The molecule has 3 rings (SSSR count). The van der Waals surface area contributed by atoms with Crippen LogP contribution in [0.1, 0.15) is 11.1 Å². The second-order valence-electron chi connectivity index (χ2n) is 4.44. The number of halogens is 2. The van der Waals surface area contributed by atoms with Crippen molar-refractivity contribution in [2.24, 2.45) is 5.73 Å². The van der Waals surface area contributed by atoms with E-state index in [9.17, 15) is 4.79 Å². The Morgan fingerprint density at radius 3 is 2.75 bits per heavy atom. The minimum Gasteiger partial charge on any atom is -0.398 e. The van der Waals surface area contributed by atoms with Gasteiger partial charge in [0.05, 0.1) is 11.3 Å². The number of carbonyl (C=O) groups is 1. The number of carbonyl (C=O) groups excluding carboxylic acids is 1. The SMILES string of the molecule is NC(=C1C(=O)Nc2ccc(Cl)cc21)c1cccc(I)c1. The standard InChI is InChI=1S/C15H10ClIN2O/c16-9-4-5-12-11(7-9)13(15(20)19-12)14(18)8-2-1-3-10(17)6-8/h1-7H,18H2,(H,19,20). The van der Waals surface area contributed by atoms with Crippen LogP contribution in [0.4, 0.5) is 5.69 Å². The van der Waals surface area contributed by atoms with Crippen LogP contribution in [0, 0.1) is 3.57 Å². The molecule has 3 nitrogen and oxygen atoms in total. The molecule has 2 aromatic rings. The van der Waals surface area contributed by atoms with Crippen LogP contribution >= 0.6 is 34.2 Å². The van der Waals surface area contributed by atoms with E-state index in [-0.39, 0.29) is 5.91 Å². The van der Waals surface area contributed by atoms with Crippen LogP contribution < -0.4 is 11.1 Å². The highest BCUT2D eigenvalue weighted by Gasteiger charge is 2.27. The number of anilines is 1. The molecule has 0 unspecified atom stereocenters. The molecule has 1 amide bonds. The first-order valence-corrected chi connectivity index (χ1v) is 7.39. The fraction of sp³-hybridized carbons (Fsp3) is 0. The maximum atomic E-state index is 12.1. The summed E-state index contributed by atoms with van der Waals surface area (Å²) in [6.07, 6.45) is 0. The summed E-state index contributed by atoms with van der Waals surface area (Å²) in [5.41, 5.74) is 9.45. The minimum atomic E-state index is -0.196. The zero-order valence-corrected chi connectivity index (χ0v) is 13.2. The van der Waals surface area contributed by atoms with Crippen molar-refractivity contribution >= 4 is 57.1 Å². The normalized spacial score (nSPS) is 15.8. The Morgan fingerprint density at radius 1 is 1.20 bits per heavy atom. The van der Waals surface area contributed by atoms with Gasteiger partial charge in [-0.25, -0.2) is 0 Å². The summed E-state index contributed by atoms with van der Waals surface area (Å²) in [5, 5.41) is 3.38. The Morgan fingerprint density at radius 2 is 2.00 bits per heavy atom. The highest BCUT2D eigenvalue weighted by atomic mass is 127.